The van der Waals surface area contributed by atoms with Gasteiger partial charge in [-0.05, 0) is 12.1 Å². The van der Waals surface area contributed by atoms with Crippen LogP contribution in [-0.4, -0.2) is 10.4 Å². The van der Waals surface area contributed by atoms with E-state index in [1.165, 1.54) is 18.5 Å². The van der Waals surface area contributed by atoms with E-state index >= 15 is 0 Å². The first-order chi connectivity index (χ1) is 7.86. The molecule has 0 bridgehead atoms. The molecule has 0 aliphatic heterocycles. The first kappa shape index (κ1) is 10.1. The molecule has 2 aromatic heterocycles. The van der Waals surface area contributed by atoms with Gasteiger partial charge in [0.25, 0.3) is 0 Å². The largest absolute Gasteiger partial charge is 0.423 e. The molecule has 1 aromatic carbocycles. The lowest BCUT2D eigenvalue weighted by Crippen LogP contribution is -1.93. The number of hydrogen-bond donors (Lipinski definition) is 0. The lowest BCUT2D eigenvalue weighted by molar-refractivity contribution is 0.393. The highest BCUT2D eigenvalue weighted by molar-refractivity contribution is 5.75. The van der Waals surface area contributed by atoms with Crippen molar-refractivity contribution in [1.29, 1.82) is 0 Å². The molecule has 80 valence electrons. The number of fused-ring (bicyclic) bond motifs is 1. The predicted octanol–water partition coefficient (Wildman–Crippen LogP) is 1.86. The molecule has 0 fully saturated rings. The molecule has 0 aliphatic rings. The standard InChI is InChI=1S/C9H6O2.C2H2N2O/c10-9-6-5-7-3-1-2-4-8(7)11-9;1-2-5-4-3-1/h1-6H;1-2H. The zero-order chi connectivity index (χ0) is 11.2. The number of aromatic nitrogens is 2. The van der Waals surface area contributed by atoms with Crippen molar-refractivity contribution in [2.75, 3.05) is 0 Å². The van der Waals surface area contributed by atoms with Gasteiger partial charge in [-0.25, -0.2) is 4.79 Å². The maximum absolute atomic E-state index is 10.7. The van der Waals surface area contributed by atoms with Crippen LogP contribution in [0.25, 0.3) is 11.0 Å². The lowest BCUT2D eigenvalue weighted by Gasteiger charge is -1.91. The molecule has 0 atom stereocenters. The van der Waals surface area contributed by atoms with E-state index in [0.29, 0.717) is 5.58 Å². The fourth-order valence-electron chi connectivity index (χ4n) is 1.15. The summed E-state index contributed by atoms with van der Waals surface area (Å²) in [4.78, 5) is 10.7. The summed E-state index contributed by atoms with van der Waals surface area (Å²) >= 11 is 0. The molecular formula is C11H8N2O3. The lowest BCUT2D eigenvalue weighted by atomic mass is 10.2. The van der Waals surface area contributed by atoms with E-state index in [4.69, 9.17) is 4.42 Å². The second-order valence-corrected chi connectivity index (χ2v) is 2.88. The summed E-state index contributed by atoms with van der Waals surface area (Å²) < 4.78 is 9.13. The van der Waals surface area contributed by atoms with Gasteiger partial charge in [-0.2, -0.15) is 0 Å². The summed E-state index contributed by atoms with van der Waals surface area (Å²) in [6.07, 6.45) is 2.88. The van der Waals surface area contributed by atoms with Gasteiger partial charge < -0.3 is 8.94 Å². The third kappa shape index (κ3) is 2.54. The van der Waals surface area contributed by atoms with E-state index in [-0.39, 0.29) is 5.63 Å². The van der Waals surface area contributed by atoms with Gasteiger partial charge in [0.2, 0.25) is 0 Å². The zero-order valence-electron chi connectivity index (χ0n) is 8.24. The van der Waals surface area contributed by atoms with Crippen molar-refractivity contribution in [2.24, 2.45) is 0 Å². The Labute approximate surface area is 90.3 Å². The number of para-hydroxylation sites is 1. The topological polar surface area (TPSA) is 69.1 Å². The first-order valence-electron chi connectivity index (χ1n) is 4.56. The van der Waals surface area contributed by atoms with Crippen LogP contribution < -0.4 is 5.63 Å². The number of nitrogens with zero attached hydrogens (tertiary/aromatic N) is 2. The fourth-order valence-corrected chi connectivity index (χ4v) is 1.15. The van der Waals surface area contributed by atoms with Crippen molar-refractivity contribution in [3.05, 3.63) is 59.3 Å². The molecule has 3 rings (SSSR count). The van der Waals surface area contributed by atoms with Crippen LogP contribution in [-0.2, 0) is 0 Å². The quantitative estimate of drug-likeness (QED) is 0.536. The molecule has 0 amide bonds. The van der Waals surface area contributed by atoms with Gasteiger partial charge in [0.05, 0.1) is 6.20 Å². The smallest absolute Gasteiger partial charge is 0.336 e. The molecular weight excluding hydrogens is 208 g/mol. The predicted molar refractivity (Wildman–Crippen MR) is 56.8 cm³/mol. The van der Waals surface area contributed by atoms with E-state index in [2.05, 4.69) is 14.9 Å². The maximum atomic E-state index is 10.7. The minimum absolute atomic E-state index is 0.302. The second-order valence-electron chi connectivity index (χ2n) is 2.88. The van der Waals surface area contributed by atoms with Crippen molar-refractivity contribution in [1.82, 2.24) is 10.4 Å². The highest BCUT2D eigenvalue weighted by Crippen LogP contribution is 2.08. The fraction of sp³-hybridized carbons (Fsp3) is 0. The van der Waals surface area contributed by atoms with Crippen LogP contribution in [0.5, 0.6) is 0 Å². The van der Waals surface area contributed by atoms with Crippen LogP contribution in [0.1, 0.15) is 0 Å². The second kappa shape index (κ2) is 4.88. The number of hydrogen-bond acceptors (Lipinski definition) is 5. The first-order valence-corrected chi connectivity index (χ1v) is 4.56. The van der Waals surface area contributed by atoms with Crippen LogP contribution >= 0.6 is 0 Å². The van der Waals surface area contributed by atoms with Crippen molar-refractivity contribution >= 4 is 11.0 Å². The van der Waals surface area contributed by atoms with E-state index in [1.807, 2.05) is 18.2 Å². The van der Waals surface area contributed by atoms with Gasteiger partial charge in [-0.1, -0.05) is 18.2 Å². The van der Waals surface area contributed by atoms with Gasteiger partial charge in [0, 0.05) is 16.7 Å². The van der Waals surface area contributed by atoms with Gasteiger partial charge >= 0.3 is 5.63 Å². The van der Waals surface area contributed by atoms with Gasteiger partial charge in [-0.3, -0.25) is 0 Å². The molecule has 0 saturated heterocycles. The third-order valence-corrected chi connectivity index (χ3v) is 1.81. The molecule has 3 aromatic rings. The average Bonchev–Trinajstić information content (AvgIpc) is 2.87. The molecule has 16 heavy (non-hydrogen) atoms. The van der Waals surface area contributed by atoms with Crippen LogP contribution in [0.2, 0.25) is 0 Å². The summed E-state index contributed by atoms with van der Waals surface area (Å²) in [7, 11) is 0. The van der Waals surface area contributed by atoms with Gasteiger partial charge in [0.1, 0.15) is 11.8 Å². The van der Waals surface area contributed by atoms with Gasteiger partial charge in [-0.15, -0.1) is 5.10 Å². The summed E-state index contributed by atoms with van der Waals surface area (Å²) in [5.74, 6) is 0. The molecule has 0 saturated carbocycles. The SMILES string of the molecule is O=c1ccc2ccccc2o1.c1conn1. The molecule has 5 nitrogen and oxygen atoms in total. The van der Waals surface area contributed by atoms with Crippen molar-refractivity contribution in [3.8, 4) is 0 Å². The summed E-state index contributed by atoms with van der Waals surface area (Å²) in [5.41, 5.74) is 0.337. The maximum Gasteiger partial charge on any atom is 0.336 e. The minimum atomic E-state index is -0.302. The Balaban J connectivity index is 0.000000162. The Morgan fingerprint density at radius 1 is 1.06 bits per heavy atom. The molecule has 0 aliphatic carbocycles. The molecule has 0 unspecified atom stereocenters. The van der Waals surface area contributed by atoms with E-state index in [0.717, 1.165) is 5.39 Å². The van der Waals surface area contributed by atoms with Crippen molar-refractivity contribution < 1.29 is 8.94 Å². The number of rotatable bonds is 0. The summed E-state index contributed by atoms with van der Waals surface area (Å²) in [6, 6.07) is 10.6. The molecule has 2 heterocycles. The molecule has 0 N–H and O–H groups in total. The molecule has 0 spiro atoms. The van der Waals surface area contributed by atoms with Crippen LogP contribution in [0.4, 0.5) is 0 Å². The minimum Gasteiger partial charge on any atom is -0.423 e. The van der Waals surface area contributed by atoms with Gasteiger partial charge in [0.15, 0.2) is 0 Å². The van der Waals surface area contributed by atoms with E-state index < -0.39 is 0 Å². The van der Waals surface area contributed by atoms with E-state index in [1.54, 1.807) is 12.1 Å². The Morgan fingerprint density at radius 2 is 1.94 bits per heavy atom. The Morgan fingerprint density at radius 3 is 2.62 bits per heavy atom. The van der Waals surface area contributed by atoms with Crippen LogP contribution in [0, 0.1) is 0 Å². The van der Waals surface area contributed by atoms with Crippen molar-refractivity contribution in [2.45, 2.75) is 0 Å². The highest BCUT2D eigenvalue weighted by atomic mass is 16.5. The Kier molecular flexibility index (Phi) is 3.08. The number of benzene rings is 1. The van der Waals surface area contributed by atoms with E-state index in [9.17, 15) is 4.79 Å². The zero-order valence-corrected chi connectivity index (χ0v) is 8.24. The summed E-state index contributed by atoms with van der Waals surface area (Å²) in [6.45, 7) is 0. The highest BCUT2D eigenvalue weighted by Gasteiger charge is 1.92. The monoisotopic (exact) mass is 216 g/mol. The van der Waals surface area contributed by atoms with Crippen LogP contribution in [0.15, 0.2) is 62.6 Å². The average molecular weight is 216 g/mol. The summed E-state index contributed by atoms with van der Waals surface area (Å²) in [5, 5.41) is 7.35. The Bertz CT molecular complexity index is 584. The molecule has 5 heteroatoms. The Hall–Kier alpha value is -2.43. The van der Waals surface area contributed by atoms with Crippen LogP contribution in [0.3, 0.4) is 0 Å². The third-order valence-electron chi connectivity index (χ3n) is 1.81. The normalized spacial score (nSPS) is 9.50. The van der Waals surface area contributed by atoms with Crippen molar-refractivity contribution in [3.63, 3.8) is 0 Å². The molecule has 0 radical (unpaired) electrons.